The minimum Gasteiger partial charge on any atom is -0.508 e. The molecule has 31 heavy (non-hydrogen) atoms. The van der Waals surface area contributed by atoms with Crippen LogP contribution in [0.3, 0.4) is 0 Å². The first-order valence-electron chi connectivity index (χ1n) is 9.92. The number of hydrogen-bond acceptors (Lipinski definition) is 7. The minimum atomic E-state index is -1.82. The molecule has 4 N–H and O–H groups in total. The maximum absolute atomic E-state index is 12.1. The van der Waals surface area contributed by atoms with E-state index in [4.69, 9.17) is 19.8 Å². The molecular formula is C21H31N3O7. The Bertz CT molecular complexity index is 758. The summed E-state index contributed by atoms with van der Waals surface area (Å²) in [6.45, 7) is 9.65. The SMILES string of the molecule is CC(=O)CC(C)(C)NC(=O)CCN1CCN(c2ccc(O)cc2)CC1.O=C(O)C(=O)O. The number of amides is 1. The Morgan fingerprint density at radius 3 is 1.94 bits per heavy atom. The summed E-state index contributed by atoms with van der Waals surface area (Å²) < 4.78 is 0. The lowest BCUT2D eigenvalue weighted by molar-refractivity contribution is -0.159. The average molecular weight is 437 g/mol. The smallest absolute Gasteiger partial charge is 0.414 e. The van der Waals surface area contributed by atoms with Crippen LogP contribution in [-0.2, 0) is 19.2 Å². The van der Waals surface area contributed by atoms with Gasteiger partial charge >= 0.3 is 11.9 Å². The zero-order chi connectivity index (χ0) is 23.6. The van der Waals surface area contributed by atoms with Gasteiger partial charge in [0.1, 0.15) is 11.5 Å². The van der Waals surface area contributed by atoms with Gasteiger partial charge in [0.05, 0.1) is 0 Å². The van der Waals surface area contributed by atoms with Crippen LogP contribution in [0.15, 0.2) is 24.3 Å². The maximum atomic E-state index is 12.1. The molecule has 0 bridgehead atoms. The molecule has 1 aliphatic rings. The highest BCUT2D eigenvalue weighted by Gasteiger charge is 2.23. The van der Waals surface area contributed by atoms with E-state index in [0.29, 0.717) is 12.8 Å². The molecule has 0 aromatic heterocycles. The Hall–Kier alpha value is -3.14. The van der Waals surface area contributed by atoms with E-state index in [1.54, 1.807) is 19.1 Å². The number of phenols is 1. The van der Waals surface area contributed by atoms with Crippen molar-refractivity contribution in [3.8, 4) is 5.75 Å². The third-order valence-corrected chi connectivity index (χ3v) is 4.59. The van der Waals surface area contributed by atoms with Gasteiger partial charge in [-0.15, -0.1) is 0 Å². The predicted octanol–water partition coefficient (Wildman–Crippen LogP) is 0.934. The van der Waals surface area contributed by atoms with Crippen LogP contribution in [-0.4, -0.2) is 82.1 Å². The number of rotatable bonds is 7. The lowest BCUT2D eigenvalue weighted by Crippen LogP contribution is -2.49. The van der Waals surface area contributed by atoms with Crippen LogP contribution in [0.25, 0.3) is 0 Å². The zero-order valence-corrected chi connectivity index (χ0v) is 18.1. The number of carboxylic acid groups (broad SMARTS) is 2. The number of aromatic hydroxyl groups is 1. The fourth-order valence-corrected chi connectivity index (χ4v) is 3.26. The lowest BCUT2D eigenvalue weighted by Gasteiger charge is -2.36. The second-order valence-electron chi connectivity index (χ2n) is 8.02. The molecule has 0 radical (unpaired) electrons. The standard InChI is InChI=1S/C19H29N3O3.C2H2O4/c1-15(23)14-19(2,3)20-18(25)8-9-21-10-12-22(13-11-21)16-4-6-17(24)7-5-16;3-1(4)2(5)6/h4-7,24H,8-14H2,1-3H3,(H,20,25);(H,3,4)(H,5,6). The molecule has 2 rings (SSSR count). The Balaban J connectivity index is 0.000000703. The van der Waals surface area contributed by atoms with E-state index >= 15 is 0 Å². The number of piperazine rings is 1. The lowest BCUT2D eigenvalue weighted by atomic mass is 9.98. The van der Waals surface area contributed by atoms with Crippen molar-refractivity contribution >= 4 is 29.3 Å². The van der Waals surface area contributed by atoms with Gasteiger partial charge in [0, 0.05) is 56.8 Å². The number of benzene rings is 1. The largest absolute Gasteiger partial charge is 0.508 e. The van der Waals surface area contributed by atoms with Gasteiger partial charge in [0.15, 0.2) is 0 Å². The molecule has 10 nitrogen and oxygen atoms in total. The number of nitrogens with zero attached hydrogens (tertiary/aromatic N) is 2. The van der Waals surface area contributed by atoms with Gasteiger partial charge in [0.2, 0.25) is 5.91 Å². The number of phenolic OH excluding ortho intramolecular Hbond substituents is 1. The highest BCUT2D eigenvalue weighted by atomic mass is 16.4. The summed E-state index contributed by atoms with van der Waals surface area (Å²) in [5, 5.41) is 27.1. The first-order valence-corrected chi connectivity index (χ1v) is 9.92. The monoisotopic (exact) mass is 437 g/mol. The van der Waals surface area contributed by atoms with E-state index in [2.05, 4.69) is 15.1 Å². The summed E-state index contributed by atoms with van der Waals surface area (Å²) in [6.07, 6.45) is 0.796. The topological polar surface area (TPSA) is 147 Å². The minimum absolute atomic E-state index is 0.00721. The van der Waals surface area contributed by atoms with Crippen LogP contribution in [0.4, 0.5) is 5.69 Å². The van der Waals surface area contributed by atoms with Crippen molar-refractivity contribution < 1.29 is 34.5 Å². The number of nitrogens with one attached hydrogen (secondary N) is 1. The highest BCUT2D eigenvalue weighted by Crippen LogP contribution is 2.19. The van der Waals surface area contributed by atoms with Crippen molar-refractivity contribution in [3.05, 3.63) is 24.3 Å². The Morgan fingerprint density at radius 2 is 1.48 bits per heavy atom. The molecule has 1 amide bonds. The van der Waals surface area contributed by atoms with Gasteiger partial charge in [-0.05, 0) is 45.0 Å². The molecule has 0 unspecified atom stereocenters. The second kappa shape index (κ2) is 11.9. The van der Waals surface area contributed by atoms with Gasteiger partial charge in [0.25, 0.3) is 0 Å². The summed E-state index contributed by atoms with van der Waals surface area (Å²) in [7, 11) is 0. The highest BCUT2D eigenvalue weighted by molar-refractivity contribution is 6.27. The molecule has 0 spiro atoms. The fraction of sp³-hybridized carbons (Fsp3) is 0.524. The maximum Gasteiger partial charge on any atom is 0.414 e. The van der Waals surface area contributed by atoms with Crippen LogP contribution < -0.4 is 10.2 Å². The van der Waals surface area contributed by atoms with E-state index < -0.39 is 17.5 Å². The Morgan fingerprint density at radius 1 is 0.968 bits per heavy atom. The Labute approximate surface area is 181 Å². The van der Waals surface area contributed by atoms with Crippen molar-refractivity contribution in [1.29, 1.82) is 0 Å². The number of carbonyl (C=O) groups is 4. The molecule has 1 saturated heterocycles. The summed E-state index contributed by atoms with van der Waals surface area (Å²) in [6, 6.07) is 7.26. The summed E-state index contributed by atoms with van der Waals surface area (Å²) >= 11 is 0. The van der Waals surface area contributed by atoms with E-state index in [-0.39, 0.29) is 17.4 Å². The summed E-state index contributed by atoms with van der Waals surface area (Å²) in [5.41, 5.74) is 0.627. The average Bonchev–Trinajstić information content (AvgIpc) is 2.66. The molecule has 1 fully saturated rings. The van der Waals surface area contributed by atoms with Gasteiger partial charge < -0.3 is 25.5 Å². The van der Waals surface area contributed by atoms with Crippen molar-refractivity contribution in [1.82, 2.24) is 10.2 Å². The normalized spacial score (nSPS) is 14.2. The van der Waals surface area contributed by atoms with Gasteiger partial charge in [-0.3, -0.25) is 14.5 Å². The van der Waals surface area contributed by atoms with E-state index in [1.807, 2.05) is 26.0 Å². The van der Waals surface area contributed by atoms with E-state index in [9.17, 15) is 14.7 Å². The first kappa shape index (κ1) is 25.9. The third-order valence-electron chi connectivity index (χ3n) is 4.59. The zero-order valence-electron chi connectivity index (χ0n) is 18.1. The van der Waals surface area contributed by atoms with E-state index in [0.717, 1.165) is 38.4 Å². The number of aliphatic carboxylic acids is 2. The van der Waals surface area contributed by atoms with Gasteiger partial charge in [-0.25, -0.2) is 9.59 Å². The van der Waals surface area contributed by atoms with Crippen LogP contribution >= 0.6 is 0 Å². The number of Topliss-reactive ketones (excluding diaryl/α,β-unsaturated/α-hetero) is 1. The number of anilines is 1. The van der Waals surface area contributed by atoms with Gasteiger partial charge in [-0.2, -0.15) is 0 Å². The van der Waals surface area contributed by atoms with Crippen molar-refractivity contribution in [3.63, 3.8) is 0 Å². The molecule has 0 atom stereocenters. The van der Waals surface area contributed by atoms with E-state index in [1.165, 1.54) is 0 Å². The third kappa shape index (κ3) is 10.4. The van der Waals surface area contributed by atoms with Crippen LogP contribution in [0.5, 0.6) is 5.75 Å². The van der Waals surface area contributed by atoms with Crippen LogP contribution in [0.1, 0.15) is 33.6 Å². The van der Waals surface area contributed by atoms with Crippen LogP contribution in [0.2, 0.25) is 0 Å². The molecule has 1 heterocycles. The fourth-order valence-electron chi connectivity index (χ4n) is 3.26. The molecule has 10 heteroatoms. The molecule has 0 aliphatic carbocycles. The Kier molecular flexibility index (Phi) is 9.94. The van der Waals surface area contributed by atoms with Gasteiger partial charge in [-0.1, -0.05) is 0 Å². The number of carboxylic acids is 2. The van der Waals surface area contributed by atoms with Crippen molar-refractivity contribution in [2.45, 2.75) is 39.2 Å². The second-order valence-corrected chi connectivity index (χ2v) is 8.02. The first-order chi connectivity index (χ1) is 14.4. The molecule has 1 aromatic carbocycles. The van der Waals surface area contributed by atoms with Crippen molar-refractivity contribution in [2.75, 3.05) is 37.6 Å². The molecule has 172 valence electrons. The molecule has 0 saturated carbocycles. The molecular weight excluding hydrogens is 406 g/mol. The quantitative estimate of drug-likeness (QED) is 0.457. The van der Waals surface area contributed by atoms with Crippen LogP contribution in [0, 0.1) is 0 Å². The predicted molar refractivity (Wildman–Crippen MR) is 114 cm³/mol. The van der Waals surface area contributed by atoms with Crippen molar-refractivity contribution in [2.24, 2.45) is 0 Å². The molecule has 1 aromatic rings. The summed E-state index contributed by atoms with van der Waals surface area (Å²) in [5.74, 6) is -3.30. The molecule has 1 aliphatic heterocycles. The summed E-state index contributed by atoms with van der Waals surface area (Å²) in [4.78, 5) is 46.1. The number of hydrogen-bond donors (Lipinski definition) is 4. The number of carbonyl (C=O) groups excluding carboxylic acids is 2. The number of ketones is 1.